The molecule has 0 aromatic carbocycles. The van der Waals surface area contributed by atoms with Crippen molar-refractivity contribution in [2.24, 2.45) is 5.41 Å². The van der Waals surface area contributed by atoms with Gasteiger partial charge in [-0.3, -0.25) is 4.79 Å². The highest BCUT2D eigenvalue weighted by molar-refractivity contribution is 7.89. The van der Waals surface area contributed by atoms with E-state index in [0.29, 0.717) is 6.54 Å². The van der Waals surface area contributed by atoms with Gasteiger partial charge in [-0.05, 0) is 32.1 Å². The summed E-state index contributed by atoms with van der Waals surface area (Å²) in [5.74, 6) is -0.153. The van der Waals surface area contributed by atoms with Crippen LogP contribution in [-0.2, 0) is 14.8 Å². The zero-order valence-corrected chi connectivity index (χ0v) is 14.6. The second kappa shape index (κ2) is 7.23. The van der Waals surface area contributed by atoms with Crippen LogP contribution in [0.4, 0.5) is 0 Å². The van der Waals surface area contributed by atoms with E-state index in [1.54, 1.807) is 0 Å². The summed E-state index contributed by atoms with van der Waals surface area (Å²) in [6.45, 7) is 9.68. The Hall–Kier alpha value is -1.41. The van der Waals surface area contributed by atoms with Gasteiger partial charge in [-0.2, -0.15) is 0 Å². The highest BCUT2D eigenvalue weighted by atomic mass is 32.2. The zero-order chi connectivity index (χ0) is 17.0. The van der Waals surface area contributed by atoms with E-state index in [4.69, 9.17) is 4.52 Å². The summed E-state index contributed by atoms with van der Waals surface area (Å²) in [7, 11) is -3.79. The maximum atomic E-state index is 12.1. The molecule has 7 nitrogen and oxygen atoms in total. The smallest absolute Gasteiger partial charge is 0.246 e. The SMILES string of the molecule is Cc1noc(C)c1S(=O)(=O)NCC(=O)NCCCC(C)(C)C. The molecule has 1 amide bonds. The van der Waals surface area contributed by atoms with Crippen molar-refractivity contribution >= 4 is 15.9 Å². The second-order valence-corrected chi connectivity index (χ2v) is 8.20. The number of rotatable bonds is 7. The van der Waals surface area contributed by atoms with E-state index in [0.717, 1.165) is 12.8 Å². The Morgan fingerprint density at radius 3 is 2.41 bits per heavy atom. The van der Waals surface area contributed by atoms with E-state index in [1.807, 2.05) is 0 Å². The lowest BCUT2D eigenvalue weighted by molar-refractivity contribution is -0.120. The van der Waals surface area contributed by atoms with Crippen molar-refractivity contribution in [2.45, 2.75) is 52.4 Å². The summed E-state index contributed by atoms with van der Waals surface area (Å²) in [6, 6.07) is 0. The maximum absolute atomic E-state index is 12.1. The van der Waals surface area contributed by atoms with Crippen LogP contribution < -0.4 is 10.0 Å². The molecule has 0 radical (unpaired) electrons. The highest BCUT2D eigenvalue weighted by Crippen LogP contribution is 2.20. The van der Waals surface area contributed by atoms with Gasteiger partial charge in [0.1, 0.15) is 10.6 Å². The molecule has 2 N–H and O–H groups in total. The van der Waals surface area contributed by atoms with Crippen molar-refractivity contribution < 1.29 is 17.7 Å². The number of carbonyl (C=O) groups is 1. The van der Waals surface area contributed by atoms with Crippen molar-refractivity contribution in [1.29, 1.82) is 0 Å². The average Bonchev–Trinajstić information content (AvgIpc) is 2.71. The molecule has 1 aromatic rings. The molecule has 0 spiro atoms. The van der Waals surface area contributed by atoms with E-state index in [9.17, 15) is 13.2 Å². The summed E-state index contributed by atoms with van der Waals surface area (Å²) < 4.78 is 31.3. The molecule has 22 heavy (non-hydrogen) atoms. The van der Waals surface area contributed by atoms with Crippen LogP contribution in [0.3, 0.4) is 0 Å². The first-order valence-corrected chi connectivity index (χ1v) is 8.70. The van der Waals surface area contributed by atoms with Crippen LogP contribution in [0.15, 0.2) is 9.42 Å². The third-order valence-corrected chi connectivity index (χ3v) is 4.73. The van der Waals surface area contributed by atoms with Crippen LogP contribution in [0.2, 0.25) is 0 Å². The Labute approximate surface area is 131 Å². The van der Waals surface area contributed by atoms with Crippen molar-refractivity contribution in [3.63, 3.8) is 0 Å². The molecule has 0 aliphatic rings. The van der Waals surface area contributed by atoms with E-state index >= 15 is 0 Å². The molecule has 0 saturated carbocycles. The fourth-order valence-electron chi connectivity index (χ4n) is 2.00. The van der Waals surface area contributed by atoms with Crippen molar-refractivity contribution in [3.05, 3.63) is 11.5 Å². The Kier molecular flexibility index (Phi) is 6.13. The lowest BCUT2D eigenvalue weighted by Gasteiger charge is -2.17. The number of nitrogens with one attached hydrogen (secondary N) is 2. The number of aromatic nitrogens is 1. The Bertz CT molecular complexity index is 595. The molecule has 0 aliphatic heterocycles. The van der Waals surface area contributed by atoms with Crippen LogP contribution >= 0.6 is 0 Å². The number of amides is 1. The Morgan fingerprint density at radius 1 is 1.27 bits per heavy atom. The first-order valence-electron chi connectivity index (χ1n) is 7.22. The number of aryl methyl sites for hydroxylation is 2. The largest absolute Gasteiger partial charge is 0.360 e. The van der Waals surface area contributed by atoms with Crippen molar-refractivity contribution in [1.82, 2.24) is 15.2 Å². The van der Waals surface area contributed by atoms with Gasteiger partial charge in [0.2, 0.25) is 15.9 Å². The third-order valence-electron chi connectivity index (χ3n) is 3.09. The first kappa shape index (κ1) is 18.6. The van der Waals surface area contributed by atoms with Crippen LogP contribution in [0.5, 0.6) is 0 Å². The summed E-state index contributed by atoms with van der Waals surface area (Å²) in [6.07, 6.45) is 1.84. The van der Waals surface area contributed by atoms with Gasteiger partial charge in [-0.1, -0.05) is 25.9 Å². The van der Waals surface area contributed by atoms with Crippen molar-refractivity contribution in [3.8, 4) is 0 Å². The predicted molar refractivity (Wildman–Crippen MR) is 82.9 cm³/mol. The van der Waals surface area contributed by atoms with Gasteiger partial charge in [0, 0.05) is 6.54 Å². The van der Waals surface area contributed by atoms with Crippen LogP contribution in [0.25, 0.3) is 0 Å². The third kappa shape index (κ3) is 5.76. The summed E-state index contributed by atoms with van der Waals surface area (Å²) in [5.41, 5.74) is 0.492. The van der Waals surface area contributed by atoms with Crippen LogP contribution in [0, 0.1) is 19.3 Å². The van der Waals surface area contributed by atoms with Gasteiger partial charge in [-0.15, -0.1) is 0 Å². The topological polar surface area (TPSA) is 101 Å². The number of carbonyl (C=O) groups excluding carboxylic acids is 1. The Morgan fingerprint density at radius 2 is 1.91 bits per heavy atom. The molecule has 0 saturated heterocycles. The first-order chi connectivity index (χ1) is 10.0. The fourth-order valence-corrected chi connectivity index (χ4v) is 3.31. The lowest BCUT2D eigenvalue weighted by Crippen LogP contribution is -2.37. The summed E-state index contributed by atoms with van der Waals surface area (Å²) in [4.78, 5) is 11.7. The Balaban J connectivity index is 2.44. The molecule has 0 unspecified atom stereocenters. The van der Waals surface area contributed by atoms with Gasteiger partial charge in [0.05, 0.1) is 6.54 Å². The van der Waals surface area contributed by atoms with E-state index in [1.165, 1.54) is 13.8 Å². The minimum atomic E-state index is -3.79. The monoisotopic (exact) mass is 331 g/mol. The average molecular weight is 331 g/mol. The molecule has 0 fully saturated rings. The van der Waals surface area contributed by atoms with Gasteiger partial charge < -0.3 is 9.84 Å². The molecule has 0 aliphatic carbocycles. The molecule has 0 atom stereocenters. The molecule has 126 valence electrons. The number of sulfonamides is 1. The van der Waals surface area contributed by atoms with Gasteiger partial charge >= 0.3 is 0 Å². The minimum Gasteiger partial charge on any atom is -0.360 e. The number of hydrogen-bond donors (Lipinski definition) is 2. The highest BCUT2D eigenvalue weighted by Gasteiger charge is 2.24. The molecule has 8 heteroatoms. The molecule has 1 rings (SSSR count). The van der Waals surface area contributed by atoms with E-state index in [2.05, 4.69) is 36.0 Å². The lowest BCUT2D eigenvalue weighted by atomic mass is 9.91. The van der Waals surface area contributed by atoms with Gasteiger partial charge in [-0.25, -0.2) is 13.1 Å². The normalized spacial score (nSPS) is 12.4. The van der Waals surface area contributed by atoms with Crippen LogP contribution in [0.1, 0.15) is 45.1 Å². The summed E-state index contributed by atoms with van der Waals surface area (Å²) in [5, 5.41) is 6.30. The predicted octanol–water partition coefficient (Wildman–Crippen LogP) is 1.51. The quantitative estimate of drug-likeness (QED) is 0.738. The summed E-state index contributed by atoms with van der Waals surface area (Å²) >= 11 is 0. The second-order valence-electron chi connectivity index (χ2n) is 6.49. The number of nitrogens with zero attached hydrogens (tertiary/aromatic N) is 1. The number of hydrogen-bond acceptors (Lipinski definition) is 5. The van der Waals surface area contributed by atoms with Crippen LogP contribution in [-0.4, -0.2) is 32.6 Å². The molecule has 1 heterocycles. The van der Waals surface area contributed by atoms with E-state index in [-0.39, 0.29) is 34.2 Å². The maximum Gasteiger partial charge on any atom is 0.246 e. The molecule has 1 aromatic heterocycles. The molecule has 0 bridgehead atoms. The zero-order valence-electron chi connectivity index (χ0n) is 13.8. The van der Waals surface area contributed by atoms with Gasteiger partial charge in [0.15, 0.2) is 5.76 Å². The standard InChI is InChI=1S/C14H25N3O4S/c1-10-13(11(2)21-17-10)22(19,20)16-9-12(18)15-8-6-7-14(3,4)5/h16H,6-9H2,1-5H3,(H,15,18). The van der Waals surface area contributed by atoms with E-state index < -0.39 is 10.0 Å². The fraction of sp³-hybridized carbons (Fsp3) is 0.714. The van der Waals surface area contributed by atoms with Gasteiger partial charge in [0.25, 0.3) is 0 Å². The van der Waals surface area contributed by atoms with Crippen molar-refractivity contribution in [2.75, 3.05) is 13.1 Å². The molecular weight excluding hydrogens is 306 g/mol. The minimum absolute atomic E-state index is 0.00645. The molecular formula is C14H25N3O4S.